The molecule has 0 spiro atoms. The molecule has 0 bridgehead atoms. The molecule has 0 atom stereocenters. The summed E-state index contributed by atoms with van der Waals surface area (Å²) in [4.78, 5) is 21.7. The predicted molar refractivity (Wildman–Crippen MR) is 54.4 cm³/mol. The highest BCUT2D eigenvalue weighted by Gasteiger charge is 2.17. The summed E-state index contributed by atoms with van der Waals surface area (Å²) in [6.07, 6.45) is 1.93. The summed E-state index contributed by atoms with van der Waals surface area (Å²) in [6, 6.07) is 3.24. The van der Waals surface area contributed by atoms with E-state index in [1.165, 1.54) is 6.26 Å². The Balaban J connectivity index is 2.58. The molecule has 0 unspecified atom stereocenters. The summed E-state index contributed by atoms with van der Waals surface area (Å²) in [6.45, 7) is 0. The molecule has 0 aliphatic rings. The first-order chi connectivity index (χ1) is 7.24. The molecule has 0 aliphatic carbocycles. The molecule has 0 radical (unpaired) electrons. The number of aldehydes is 1. The fourth-order valence-corrected chi connectivity index (χ4v) is 2.07. The molecule has 2 rings (SSSR count). The quantitative estimate of drug-likeness (QED) is 0.810. The fraction of sp³-hybridized carbons (Fsp3) is 0. The van der Waals surface area contributed by atoms with Gasteiger partial charge in [0.15, 0.2) is 12.0 Å². The number of rotatable bonds is 3. The van der Waals surface area contributed by atoms with E-state index in [1.54, 1.807) is 17.5 Å². The zero-order valence-corrected chi connectivity index (χ0v) is 8.28. The fourth-order valence-electron chi connectivity index (χ4n) is 1.32. The Labute approximate surface area is 88.8 Å². The second-order valence-electron chi connectivity index (χ2n) is 2.78. The van der Waals surface area contributed by atoms with Gasteiger partial charge in [0.25, 0.3) is 0 Å². The molecule has 0 saturated heterocycles. The Morgan fingerprint density at radius 1 is 1.40 bits per heavy atom. The van der Waals surface area contributed by atoms with Crippen LogP contribution in [0.1, 0.15) is 20.2 Å². The van der Waals surface area contributed by atoms with Gasteiger partial charge in [0, 0.05) is 11.1 Å². The highest BCUT2D eigenvalue weighted by Crippen LogP contribution is 2.30. The predicted octanol–water partition coefficient (Wildman–Crippen LogP) is 2.52. The Morgan fingerprint density at radius 3 is 2.87 bits per heavy atom. The van der Waals surface area contributed by atoms with Crippen molar-refractivity contribution in [3.8, 4) is 11.1 Å². The van der Waals surface area contributed by atoms with Gasteiger partial charge in [0.1, 0.15) is 4.88 Å². The molecule has 1 N–H and O–H groups in total. The van der Waals surface area contributed by atoms with Crippen molar-refractivity contribution in [2.45, 2.75) is 0 Å². The number of carbonyl (C=O) groups is 2. The average Bonchev–Trinajstić information content (AvgIpc) is 2.85. The number of hydrogen-bond donors (Lipinski definition) is 1. The van der Waals surface area contributed by atoms with Crippen LogP contribution in [-0.2, 0) is 0 Å². The molecule has 2 aromatic rings. The lowest BCUT2D eigenvalue weighted by Gasteiger charge is -1.96. The lowest BCUT2D eigenvalue weighted by Crippen LogP contribution is -1.94. The second kappa shape index (κ2) is 3.70. The molecular formula is C10H6O4S. The van der Waals surface area contributed by atoms with Crippen LogP contribution >= 0.6 is 11.3 Å². The molecule has 0 fully saturated rings. The zero-order chi connectivity index (χ0) is 10.8. The lowest BCUT2D eigenvalue weighted by molar-refractivity contribution is 0.0702. The van der Waals surface area contributed by atoms with E-state index in [4.69, 9.17) is 9.52 Å². The van der Waals surface area contributed by atoms with Crippen LogP contribution in [0.4, 0.5) is 0 Å². The minimum absolute atomic E-state index is 0.149. The van der Waals surface area contributed by atoms with Gasteiger partial charge in [-0.3, -0.25) is 4.79 Å². The number of aromatic carboxylic acids is 1. The van der Waals surface area contributed by atoms with Gasteiger partial charge in [-0.2, -0.15) is 0 Å². The van der Waals surface area contributed by atoms with E-state index in [-0.39, 0.29) is 10.6 Å². The minimum atomic E-state index is -1.00. The van der Waals surface area contributed by atoms with Crippen molar-refractivity contribution < 1.29 is 19.1 Å². The van der Waals surface area contributed by atoms with Crippen LogP contribution in [0.3, 0.4) is 0 Å². The summed E-state index contributed by atoms with van der Waals surface area (Å²) >= 11 is 1.12. The van der Waals surface area contributed by atoms with Crippen LogP contribution in [0.2, 0.25) is 0 Å². The Kier molecular flexibility index (Phi) is 2.39. The maximum absolute atomic E-state index is 10.9. The maximum atomic E-state index is 10.9. The first-order valence-electron chi connectivity index (χ1n) is 4.08. The van der Waals surface area contributed by atoms with Crippen molar-refractivity contribution in [2.75, 3.05) is 0 Å². The van der Waals surface area contributed by atoms with Crippen molar-refractivity contribution in [1.82, 2.24) is 0 Å². The minimum Gasteiger partial charge on any atom is -0.477 e. The van der Waals surface area contributed by atoms with Gasteiger partial charge in [-0.05, 0) is 17.5 Å². The zero-order valence-electron chi connectivity index (χ0n) is 7.47. The molecule has 15 heavy (non-hydrogen) atoms. The third-order valence-corrected chi connectivity index (χ3v) is 2.85. The summed E-state index contributed by atoms with van der Waals surface area (Å²) < 4.78 is 4.92. The van der Waals surface area contributed by atoms with Crippen LogP contribution in [-0.4, -0.2) is 17.4 Å². The normalized spacial score (nSPS) is 10.1. The van der Waals surface area contributed by atoms with E-state index >= 15 is 0 Å². The Morgan fingerprint density at radius 2 is 2.20 bits per heavy atom. The van der Waals surface area contributed by atoms with Crippen LogP contribution in [0.15, 0.2) is 28.2 Å². The van der Waals surface area contributed by atoms with Crippen molar-refractivity contribution >= 4 is 23.6 Å². The summed E-state index contributed by atoms with van der Waals surface area (Å²) in [5.41, 5.74) is 1.03. The topological polar surface area (TPSA) is 67.5 Å². The van der Waals surface area contributed by atoms with Crippen molar-refractivity contribution in [2.24, 2.45) is 0 Å². The lowest BCUT2D eigenvalue weighted by atomic mass is 10.1. The molecule has 4 nitrogen and oxygen atoms in total. The molecule has 0 amide bonds. The number of hydrogen-bond acceptors (Lipinski definition) is 4. The smallest absolute Gasteiger partial charge is 0.346 e. The van der Waals surface area contributed by atoms with Crippen molar-refractivity contribution in [3.05, 3.63) is 34.4 Å². The molecule has 5 heteroatoms. The molecule has 0 aromatic carbocycles. The molecule has 76 valence electrons. The Hall–Kier alpha value is -1.88. The monoisotopic (exact) mass is 222 g/mol. The molecule has 2 aromatic heterocycles. The van der Waals surface area contributed by atoms with Gasteiger partial charge in [0.05, 0.1) is 6.26 Å². The van der Waals surface area contributed by atoms with E-state index in [0.29, 0.717) is 17.4 Å². The SMILES string of the molecule is O=Cc1occc1-c1ccsc1C(=O)O. The maximum Gasteiger partial charge on any atom is 0.346 e. The first-order valence-corrected chi connectivity index (χ1v) is 4.96. The third-order valence-electron chi connectivity index (χ3n) is 1.95. The Bertz CT molecular complexity index is 509. The first kappa shape index (κ1) is 9.67. The highest BCUT2D eigenvalue weighted by atomic mass is 32.1. The van der Waals surface area contributed by atoms with E-state index in [9.17, 15) is 9.59 Å². The van der Waals surface area contributed by atoms with Gasteiger partial charge >= 0.3 is 5.97 Å². The van der Waals surface area contributed by atoms with Gasteiger partial charge in [-0.15, -0.1) is 11.3 Å². The van der Waals surface area contributed by atoms with E-state index in [2.05, 4.69) is 0 Å². The number of carboxylic acids is 1. The van der Waals surface area contributed by atoms with Crippen LogP contribution < -0.4 is 0 Å². The number of carboxylic acid groups (broad SMARTS) is 1. The average molecular weight is 222 g/mol. The van der Waals surface area contributed by atoms with Crippen LogP contribution in [0.5, 0.6) is 0 Å². The van der Waals surface area contributed by atoms with Gasteiger partial charge < -0.3 is 9.52 Å². The summed E-state index contributed by atoms with van der Waals surface area (Å²) in [5, 5.41) is 10.6. The van der Waals surface area contributed by atoms with E-state index < -0.39 is 5.97 Å². The largest absolute Gasteiger partial charge is 0.477 e. The van der Waals surface area contributed by atoms with E-state index in [1.807, 2.05) is 0 Å². The number of carbonyl (C=O) groups excluding carboxylic acids is 1. The highest BCUT2D eigenvalue weighted by molar-refractivity contribution is 7.12. The van der Waals surface area contributed by atoms with Gasteiger partial charge in [-0.1, -0.05) is 0 Å². The third kappa shape index (κ3) is 1.57. The standard InChI is InChI=1S/C10H6O4S/c11-5-8-6(1-3-14-8)7-2-4-15-9(7)10(12)13/h1-5H,(H,12,13). The molecular weight excluding hydrogens is 216 g/mol. The summed E-state index contributed by atoms with van der Waals surface area (Å²) in [5.74, 6) is -0.853. The molecule has 0 saturated carbocycles. The molecule has 0 aliphatic heterocycles. The van der Waals surface area contributed by atoms with Gasteiger partial charge in [-0.25, -0.2) is 4.79 Å². The summed E-state index contributed by atoms with van der Waals surface area (Å²) in [7, 11) is 0. The molecule has 2 heterocycles. The van der Waals surface area contributed by atoms with Crippen LogP contribution in [0, 0.1) is 0 Å². The van der Waals surface area contributed by atoms with Crippen LogP contribution in [0.25, 0.3) is 11.1 Å². The number of thiophene rings is 1. The van der Waals surface area contributed by atoms with Gasteiger partial charge in [0.2, 0.25) is 0 Å². The second-order valence-corrected chi connectivity index (χ2v) is 3.70. The van der Waals surface area contributed by atoms with E-state index in [0.717, 1.165) is 11.3 Å². The number of furan rings is 1. The van der Waals surface area contributed by atoms with Crippen molar-refractivity contribution in [1.29, 1.82) is 0 Å². The van der Waals surface area contributed by atoms with Crippen molar-refractivity contribution in [3.63, 3.8) is 0 Å².